The third-order valence-corrected chi connectivity index (χ3v) is 7.30. The lowest BCUT2D eigenvalue weighted by Gasteiger charge is -2.38. The van der Waals surface area contributed by atoms with E-state index in [1.165, 1.54) is 7.11 Å². The van der Waals surface area contributed by atoms with Crippen LogP contribution in [-0.2, 0) is 0 Å². The van der Waals surface area contributed by atoms with Crippen molar-refractivity contribution in [2.45, 2.75) is 31.7 Å². The minimum atomic E-state index is -0.183. The van der Waals surface area contributed by atoms with Crippen molar-refractivity contribution in [1.82, 2.24) is 20.0 Å². The molecular weight excluding hydrogens is 442 g/mol. The molecule has 1 aromatic carbocycles. The van der Waals surface area contributed by atoms with Crippen molar-refractivity contribution in [3.05, 3.63) is 34.9 Å². The topological polar surface area (TPSA) is 91.1 Å². The molecule has 2 fully saturated rings. The van der Waals surface area contributed by atoms with E-state index in [0.29, 0.717) is 27.9 Å². The zero-order valence-corrected chi connectivity index (χ0v) is 20.0. The highest BCUT2D eigenvalue weighted by atomic mass is 35.5. The van der Waals surface area contributed by atoms with E-state index in [-0.39, 0.29) is 18.0 Å². The molecule has 8 nitrogen and oxygen atoms in total. The summed E-state index contributed by atoms with van der Waals surface area (Å²) in [4.78, 5) is 31.7. The van der Waals surface area contributed by atoms with Gasteiger partial charge in [-0.05, 0) is 37.7 Å². The summed E-state index contributed by atoms with van der Waals surface area (Å²) < 4.78 is 5.31. The number of rotatable bonds is 5. The number of hydrogen-bond donors (Lipinski definition) is 2. The number of carbonyl (C=O) groups excluding carboxylic acids is 2. The normalized spacial score (nSPS) is 20.3. The fourth-order valence-electron chi connectivity index (χ4n) is 4.94. The summed E-state index contributed by atoms with van der Waals surface area (Å²) in [7, 11) is 1.52. The maximum absolute atomic E-state index is 12.8. The maximum atomic E-state index is 12.8. The monoisotopic (exact) mass is 475 g/mol. The zero-order chi connectivity index (χ0) is 23.4. The molecule has 3 aliphatic heterocycles. The van der Waals surface area contributed by atoms with Crippen LogP contribution in [0.15, 0.2) is 24.3 Å². The summed E-state index contributed by atoms with van der Waals surface area (Å²) in [6, 6.07) is 3.45. The molecule has 0 aromatic heterocycles. The van der Waals surface area contributed by atoms with Gasteiger partial charge < -0.3 is 30.5 Å². The number of ether oxygens (including phenoxy) is 1. The SMILES string of the molecule is COc1cc(N)c(Cl)cc1C(=O)NC1CCN(CC2CCN(C(=O)N3CC=CC3)CC2)CC1. The van der Waals surface area contributed by atoms with Gasteiger partial charge in [0.25, 0.3) is 5.91 Å². The van der Waals surface area contributed by atoms with Crippen molar-refractivity contribution >= 4 is 29.2 Å². The Morgan fingerprint density at radius 2 is 1.73 bits per heavy atom. The molecule has 4 rings (SSSR count). The van der Waals surface area contributed by atoms with E-state index in [1.807, 2.05) is 9.80 Å². The molecule has 1 aromatic rings. The molecule has 3 N–H and O–H groups in total. The van der Waals surface area contributed by atoms with E-state index in [9.17, 15) is 9.59 Å². The molecule has 180 valence electrons. The maximum Gasteiger partial charge on any atom is 0.320 e. The van der Waals surface area contributed by atoms with Crippen molar-refractivity contribution in [3.8, 4) is 5.75 Å². The van der Waals surface area contributed by atoms with Gasteiger partial charge in [0.15, 0.2) is 0 Å². The number of halogens is 1. The van der Waals surface area contributed by atoms with Crippen LogP contribution in [0.5, 0.6) is 5.75 Å². The lowest BCUT2D eigenvalue weighted by Crippen LogP contribution is -2.49. The molecule has 0 radical (unpaired) electrons. The first-order valence-corrected chi connectivity index (χ1v) is 12.2. The van der Waals surface area contributed by atoms with Crippen molar-refractivity contribution < 1.29 is 14.3 Å². The zero-order valence-electron chi connectivity index (χ0n) is 19.3. The number of nitrogen functional groups attached to an aromatic ring is 1. The summed E-state index contributed by atoms with van der Waals surface area (Å²) in [5.41, 5.74) is 6.62. The van der Waals surface area contributed by atoms with E-state index < -0.39 is 0 Å². The lowest BCUT2D eigenvalue weighted by molar-refractivity contribution is 0.0886. The molecule has 3 amide bonds. The summed E-state index contributed by atoms with van der Waals surface area (Å²) in [6.07, 6.45) is 8.05. The number of nitrogens with two attached hydrogens (primary N) is 1. The van der Waals surface area contributed by atoms with Crippen molar-refractivity contribution in [2.75, 3.05) is 58.7 Å². The third-order valence-electron chi connectivity index (χ3n) is 6.98. The molecule has 3 aliphatic rings. The van der Waals surface area contributed by atoms with E-state index in [0.717, 1.165) is 71.5 Å². The Kier molecular flexibility index (Phi) is 7.65. The number of anilines is 1. The molecule has 0 aliphatic carbocycles. The summed E-state index contributed by atoms with van der Waals surface area (Å²) >= 11 is 6.11. The number of nitrogens with zero attached hydrogens (tertiary/aromatic N) is 3. The third kappa shape index (κ3) is 5.73. The van der Waals surface area contributed by atoms with Crippen LogP contribution in [0.4, 0.5) is 10.5 Å². The predicted octanol–water partition coefficient (Wildman–Crippen LogP) is 2.83. The quantitative estimate of drug-likeness (QED) is 0.504. The molecular formula is C24H34ClN5O3. The van der Waals surface area contributed by atoms with Crippen molar-refractivity contribution in [3.63, 3.8) is 0 Å². The molecule has 0 bridgehead atoms. The molecule has 0 atom stereocenters. The Hall–Kier alpha value is -2.45. The number of nitrogens with one attached hydrogen (secondary N) is 1. The highest BCUT2D eigenvalue weighted by molar-refractivity contribution is 6.33. The standard InChI is InChI=1S/C24H34ClN5O3/c1-33-22-15-21(26)20(25)14-19(22)23(31)27-18-6-10-28(11-7-18)16-17-4-12-30(13-5-17)24(32)29-8-2-3-9-29/h2-3,14-15,17-18H,4-13,16,26H2,1H3,(H,27,31). The lowest BCUT2D eigenvalue weighted by atomic mass is 9.94. The van der Waals surface area contributed by atoms with E-state index in [2.05, 4.69) is 22.4 Å². The average molecular weight is 476 g/mol. The van der Waals surface area contributed by atoms with Crippen LogP contribution < -0.4 is 15.8 Å². The second-order valence-electron chi connectivity index (χ2n) is 9.21. The minimum Gasteiger partial charge on any atom is -0.496 e. The Morgan fingerprint density at radius 1 is 1.06 bits per heavy atom. The van der Waals surface area contributed by atoms with Gasteiger partial charge in [0.1, 0.15) is 5.75 Å². The number of benzene rings is 1. The molecule has 2 saturated heterocycles. The first kappa shape index (κ1) is 23.7. The van der Waals surface area contributed by atoms with Crippen LogP contribution in [-0.4, -0.2) is 85.6 Å². The van der Waals surface area contributed by atoms with E-state index in [4.69, 9.17) is 22.1 Å². The summed E-state index contributed by atoms with van der Waals surface area (Å²) in [6.45, 7) is 6.16. The van der Waals surface area contributed by atoms with Gasteiger partial charge >= 0.3 is 6.03 Å². The van der Waals surface area contributed by atoms with Gasteiger partial charge in [-0.3, -0.25) is 4.79 Å². The van der Waals surface area contributed by atoms with Crippen LogP contribution in [0.3, 0.4) is 0 Å². The van der Waals surface area contributed by atoms with Crippen LogP contribution in [0.1, 0.15) is 36.0 Å². The van der Waals surface area contributed by atoms with Gasteiger partial charge in [0.05, 0.1) is 23.4 Å². The number of carbonyl (C=O) groups is 2. The molecule has 0 spiro atoms. The largest absolute Gasteiger partial charge is 0.496 e. The Balaban J connectivity index is 1.20. The molecule has 0 saturated carbocycles. The first-order chi connectivity index (χ1) is 15.9. The highest BCUT2D eigenvalue weighted by Gasteiger charge is 2.29. The highest BCUT2D eigenvalue weighted by Crippen LogP contribution is 2.29. The van der Waals surface area contributed by atoms with Gasteiger partial charge in [-0.1, -0.05) is 23.8 Å². The summed E-state index contributed by atoms with van der Waals surface area (Å²) in [5, 5.41) is 3.47. The smallest absolute Gasteiger partial charge is 0.320 e. The second-order valence-corrected chi connectivity index (χ2v) is 9.62. The number of piperidine rings is 2. The first-order valence-electron chi connectivity index (χ1n) is 11.8. The number of amides is 3. The molecule has 33 heavy (non-hydrogen) atoms. The molecule has 9 heteroatoms. The van der Waals surface area contributed by atoms with Crippen LogP contribution in [0.2, 0.25) is 5.02 Å². The number of hydrogen-bond acceptors (Lipinski definition) is 5. The van der Waals surface area contributed by atoms with Gasteiger partial charge in [-0.25, -0.2) is 4.79 Å². The fourth-order valence-corrected chi connectivity index (χ4v) is 5.11. The van der Waals surface area contributed by atoms with E-state index >= 15 is 0 Å². The fraction of sp³-hybridized carbons (Fsp3) is 0.583. The van der Waals surface area contributed by atoms with Crippen LogP contribution >= 0.6 is 11.6 Å². The number of likely N-dealkylation sites (tertiary alicyclic amines) is 2. The van der Waals surface area contributed by atoms with Crippen LogP contribution in [0, 0.1) is 5.92 Å². The van der Waals surface area contributed by atoms with Crippen molar-refractivity contribution in [1.29, 1.82) is 0 Å². The Bertz CT molecular complexity index is 884. The van der Waals surface area contributed by atoms with Crippen LogP contribution in [0.25, 0.3) is 0 Å². The Labute approximate surface area is 200 Å². The van der Waals surface area contributed by atoms with Gasteiger partial charge in [0, 0.05) is 57.9 Å². The average Bonchev–Trinajstić information content (AvgIpc) is 3.37. The summed E-state index contributed by atoms with van der Waals surface area (Å²) in [5.74, 6) is 0.869. The Morgan fingerprint density at radius 3 is 2.36 bits per heavy atom. The minimum absolute atomic E-state index is 0.128. The van der Waals surface area contributed by atoms with Gasteiger partial charge in [-0.15, -0.1) is 0 Å². The number of urea groups is 1. The second kappa shape index (κ2) is 10.7. The number of methoxy groups -OCH3 is 1. The molecule has 0 unspecified atom stereocenters. The van der Waals surface area contributed by atoms with E-state index in [1.54, 1.807) is 12.1 Å². The molecule has 3 heterocycles. The van der Waals surface area contributed by atoms with Gasteiger partial charge in [0.2, 0.25) is 0 Å². The van der Waals surface area contributed by atoms with Crippen molar-refractivity contribution in [2.24, 2.45) is 5.92 Å². The predicted molar refractivity (Wildman–Crippen MR) is 130 cm³/mol. The van der Waals surface area contributed by atoms with Gasteiger partial charge in [-0.2, -0.15) is 0 Å².